The van der Waals surface area contributed by atoms with Crippen LogP contribution in [0, 0.1) is 5.82 Å². The van der Waals surface area contributed by atoms with Gasteiger partial charge < -0.3 is 9.74 Å². The first-order valence-corrected chi connectivity index (χ1v) is 9.20. The SMILES string of the molecule is CCN(CC)C(=O)CN1C(=O)/C(=N/OC(=O)c2ccccc2F)c2ccccc21. The van der Waals surface area contributed by atoms with Crippen LogP contribution in [0.5, 0.6) is 0 Å². The molecule has 0 radical (unpaired) electrons. The minimum atomic E-state index is -1.02. The number of rotatable bonds is 6. The molecule has 2 aromatic rings. The summed E-state index contributed by atoms with van der Waals surface area (Å²) >= 11 is 0. The standard InChI is InChI=1S/C21H20FN3O4/c1-3-24(4-2)18(26)13-25-17-12-8-6-10-15(17)19(20(25)27)23-29-21(28)14-9-5-7-11-16(14)22/h5-12H,3-4,13H2,1-2H3/b23-19+. The van der Waals surface area contributed by atoms with Gasteiger partial charge in [-0.3, -0.25) is 14.5 Å². The molecule has 0 saturated heterocycles. The molecule has 0 aliphatic carbocycles. The van der Waals surface area contributed by atoms with Crippen LogP contribution in [0.1, 0.15) is 29.8 Å². The van der Waals surface area contributed by atoms with Crippen LogP contribution in [0.3, 0.4) is 0 Å². The zero-order valence-electron chi connectivity index (χ0n) is 16.1. The van der Waals surface area contributed by atoms with Gasteiger partial charge in [0.05, 0.1) is 11.3 Å². The number of carbonyl (C=O) groups excluding carboxylic acids is 3. The summed E-state index contributed by atoms with van der Waals surface area (Å²) in [6, 6.07) is 12.1. The maximum Gasteiger partial charge on any atom is 0.368 e. The lowest BCUT2D eigenvalue weighted by atomic mass is 10.1. The van der Waals surface area contributed by atoms with Crippen LogP contribution in [0.15, 0.2) is 53.7 Å². The van der Waals surface area contributed by atoms with Crippen LogP contribution in [-0.4, -0.2) is 48.0 Å². The van der Waals surface area contributed by atoms with Gasteiger partial charge in [0.25, 0.3) is 5.91 Å². The maximum atomic E-state index is 13.7. The minimum absolute atomic E-state index is 0.113. The van der Waals surface area contributed by atoms with Crippen molar-refractivity contribution in [2.45, 2.75) is 13.8 Å². The van der Waals surface area contributed by atoms with Crippen LogP contribution in [-0.2, 0) is 14.4 Å². The predicted octanol–water partition coefficient (Wildman–Crippen LogP) is 2.60. The largest absolute Gasteiger partial charge is 0.368 e. The third-order valence-electron chi connectivity index (χ3n) is 4.62. The monoisotopic (exact) mass is 397 g/mol. The van der Waals surface area contributed by atoms with Crippen molar-refractivity contribution in [2.24, 2.45) is 5.16 Å². The Hall–Kier alpha value is -3.55. The van der Waals surface area contributed by atoms with Gasteiger partial charge in [0.1, 0.15) is 12.4 Å². The Labute approximate surface area is 167 Å². The van der Waals surface area contributed by atoms with E-state index in [1.165, 1.54) is 23.1 Å². The van der Waals surface area contributed by atoms with Gasteiger partial charge in [-0.1, -0.05) is 35.5 Å². The average molecular weight is 397 g/mol. The number of fused-ring (bicyclic) bond motifs is 1. The van der Waals surface area contributed by atoms with Crippen molar-refractivity contribution >= 4 is 29.2 Å². The summed E-state index contributed by atoms with van der Waals surface area (Å²) < 4.78 is 13.7. The van der Waals surface area contributed by atoms with Crippen molar-refractivity contribution in [1.29, 1.82) is 0 Å². The normalized spacial score (nSPS) is 14.1. The zero-order chi connectivity index (χ0) is 21.0. The summed E-state index contributed by atoms with van der Waals surface area (Å²) in [5.41, 5.74) is 0.534. The molecule has 0 unspecified atom stereocenters. The highest BCUT2D eigenvalue weighted by atomic mass is 19.1. The highest BCUT2D eigenvalue weighted by Gasteiger charge is 2.36. The summed E-state index contributed by atoms with van der Waals surface area (Å²) in [6.07, 6.45) is 0. The van der Waals surface area contributed by atoms with Crippen molar-refractivity contribution < 1.29 is 23.6 Å². The molecule has 7 nitrogen and oxygen atoms in total. The number of oxime groups is 1. The van der Waals surface area contributed by atoms with Gasteiger partial charge >= 0.3 is 5.97 Å². The zero-order valence-corrected chi connectivity index (χ0v) is 16.1. The molecule has 1 heterocycles. The molecule has 0 bridgehead atoms. The van der Waals surface area contributed by atoms with E-state index in [1.54, 1.807) is 29.2 Å². The Morgan fingerprint density at radius 3 is 2.41 bits per heavy atom. The van der Waals surface area contributed by atoms with Gasteiger partial charge in [-0.2, -0.15) is 0 Å². The molecule has 2 amide bonds. The van der Waals surface area contributed by atoms with E-state index in [1.807, 2.05) is 13.8 Å². The Bertz CT molecular complexity index is 985. The number of para-hydroxylation sites is 1. The second-order valence-corrected chi connectivity index (χ2v) is 6.27. The molecule has 0 saturated carbocycles. The van der Waals surface area contributed by atoms with Gasteiger partial charge in [0.2, 0.25) is 5.91 Å². The van der Waals surface area contributed by atoms with Gasteiger partial charge in [0, 0.05) is 18.7 Å². The van der Waals surface area contributed by atoms with Gasteiger partial charge in [-0.05, 0) is 32.0 Å². The molecular formula is C21H20FN3O4. The average Bonchev–Trinajstić information content (AvgIpc) is 2.99. The number of anilines is 1. The van der Waals surface area contributed by atoms with Crippen molar-refractivity contribution in [3.8, 4) is 0 Å². The number of hydrogen-bond acceptors (Lipinski definition) is 5. The number of amides is 2. The second-order valence-electron chi connectivity index (χ2n) is 6.27. The van der Waals surface area contributed by atoms with E-state index in [-0.39, 0.29) is 23.7 Å². The first kappa shape index (κ1) is 20.2. The Balaban J connectivity index is 1.86. The Morgan fingerprint density at radius 1 is 1.07 bits per heavy atom. The smallest absolute Gasteiger partial charge is 0.342 e. The van der Waals surface area contributed by atoms with Crippen LogP contribution >= 0.6 is 0 Å². The first-order chi connectivity index (χ1) is 14.0. The van der Waals surface area contributed by atoms with Gasteiger partial charge in [0.15, 0.2) is 5.71 Å². The fourth-order valence-electron chi connectivity index (χ4n) is 3.08. The second kappa shape index (κ2) is 8.64. The van der Waals surface area contributed by atoms with Crippen LogP contribution < -0.4 is 4.90 Å². The first-order valence-electron chi connectivity index (χ1n) is 9.20. The molecule has 3 rings (SSSR count). The van der Waals surface area contributed by atoms with Crippen molar-refractivity contribution in [3.63, 3.8) is 0 Å². The topological polar surface area (TPSA) is 79.3 Å². The molecule has 150 valence electrons. The lowest BCUT2D eigenvalue weighted by Gasteiger charge is -2.23. The summed E-state index contributed by atoms with van der Waals surface area (Å²) in [5.74, 6) is -2.53. The summed E-state index contributed by atoms with van der Waals surface area (Å²) in [4.78, 5) is 45.2. The molecule has 8 heteroatoms. The number of carbonyl (C=O) groups is 3. The molecule has 0 fully saturated rings. The third-order valence-corrected chi connectivity index (χ3v) is 4.62. The van der Waals surface area contributed by atoms with Crippen molar-refractivity contribution in [1.82, 2.24) is 4.90 Å². The molecule has 1 aliphatic heterocycles. The molecule has 0 aromatic heterocycles. The Morgan fingerprint density at radius 2 is 1.72 bits per heavy atom. The third kappa shape index (κ3) is 4.01. The number of likely N-dealkylation sites (N-methyl/N-ethyl adjacent to an activating group) is 1. The van der Waals surface area contributed by atoms with E-state index in [0.29, 0.717) is 24.3 Å². The summed E-state index contributed by atoms with van der Waals surface area (Å²) in [6.45, 7) is 4.62. The van der Waals surface area contributed by atoms with E-state index in [9.17, 15) is 18.8 Å². The van der Waals surface area contributed by atoms with E-state index >= 15 is 0 Å². The molecule has 2 aromatic carbocycles. The molecule has 0 spiro atoms. The van der Waals surface area contributed by atoms with Crippen LogP contribution in [0.25, 0.3) is 0 Å². The van der Waals surface area contributed by atoms with Crippen LogP contribution in [0.4, 0.5) is 10.1 Å². The maximum absolute atomic E-state index is 13.7. The number of benzene rings is 2. The minimum Gasteiger partial charge on any atom is -0.342 e. The van der Waals surface area contributed by atoms with E-state index in [2.05, 4.69) is 5.16 Å². The molecular weight excluding hydrogens is 377 g/mol. The van der Waals surface area contributed by atoms with Crippen molar-refractivity contribution in [2.75, 3.05) is 24.5 Å². The van der Waals surface area contributed by atoms with Gasteiger partial charge in [-0.25, -0.2) is 9.18 Å². The molecule has 1 aliphatic rings. The lowest BCUT2D eigenvalue weighted by molar-refractivity contribution is -0.130. The highest BCUT2D eigenvalue weighted by molar-refractivity contribution is 6.54. The van der Waals surface area contributed by atoms with Gasteiger partial charge in [-0.15, -0.1) is 0 Å². The fourth-order valence-corrected chi connectivity index (χ4v) is 3.08. The predicted molar refractivity (Wildman–Crippen MR) is 105 cm³/mol. The number of nitrogens with zero attached hydrogens (tertiary/aromatic N) is 3. The molecule has 29 heavy (non-hydrogen) atoms. The fraction of sp³-hybridized carbons (Fsp3) is 0.238. The van der Waals surface area contributed by atoms with E-state index < -0.39 is 17.7 Å². The Kier molecular flexibility index (Phi) is 6.01. The van der Waals surface area contributed by atoms with E-state index in [4.69, 9.17) is 4.84 Å². The summed E-state index contributed by atoms with van der Waals surface area (Å²) in [5, 5.41) is 3.69. The summed E-state index contributed by atoms with van der Waals surface area (Å²) in [7, 11) is 0. The highest BCUT2D eigenvalue weighted by Crippen LogP contribution is 2.29. The van der Waals surface area contributed by atoms with Crippen LogP contribution in [0.2, 0.25) is 0 Å². The number of halogens is 1. The molecule has 0 N–H and O–H groups in total. The van der Waals surface area contributed by atoms with Crippen molar-refractivity contribution in [3.05, 3.63) is 65.5 Å². The number of hydrogen-bond donors (Lipinski definition) is 0. The quantitative estimate of drug-likeness (QED) is 0.554. The lowest BCUT2D eigenvalue weighted by Crippen LogP contribution is -2.42. The molecule has 0 atom stereocenters. The van der Waals surface area contributed by atoms with E-state index in [0.717, 1.165) is 6.07 Å².